The highest BCUT2D eigenvalue weighted by molar-refractivity contribution is 7.15. The van der Waals surface area contributed by atoms with Gasteiger partial charge in [0.1, 0.15) is 18.1 Å². The minimum Gasteiger partial charge on any atom is -0.494 e. The van der Waals surface area contributed by atoms with Gasteiger partial charge in [-0.15, -0.1) is 5.10 Å². The first-order chi connectivity index (χ1) is 19.5. The number of hydrogen-bond acceptors (Lipinski definition) is 7. The molecular weight excluding hydrogens is 529 g/mol. The summed E-state index contributed by atoms with van der Waals surface area (Å²) in [4.78, 5) is 18.4. The van der Waals surface area contributed by atoms with Crippen LogP contribution in [-0.4, -0.2) is 38.1 Å². The SMILES string of the molecule is C=CCOc1ccc(-c2nc3sc(=Cc4cn(-c5ccccc5)nc4-c4ccc(OC)c(F)c4)c(=O)n3n2)cc1. The van der Waals surface area contributed by atoms with Gasteiger partial charge in [0.15, 0.2) is 17.4 Å². The molecule has 3 heterocycles. The van der Waals surface area contributed by atoms with Crippen LogP contribution in [0.15, 0.2) is 96.4 Å². The number of hydrogen-bond donors (Lipinski definition) is 0. The number of para-hydroxylation sites is 1. The molecule has 10 heteroatoms. The van der Waals surface area contributed by atoms with Crippen molar-refractivity contribution < 1.29 is 13.9 Å². The van der Waals surface area contributed by atoms with Gasteiger partial charge >= 0.3 is 0 Å². The summed E-state index contributed by atoms with van der Waals surface area (Å²) in [5.74, 6) is 0.779. The van der Waals surface area contributed by atoms with Crippen LogP contribution in [0.3, 0.4) is 0 Å². The first kappa shape index (κ1) is 25.2. The fraction of sp³-hybridized carbons (Fsp3) is 0.0667. The molecular formula is C30H22FN5O3S. The highest BCUT2D eigenvalue weighted by atomic mass is 32.1. The zero-order valence-corrected chi connectivity index (χ0v) is 22.1. The van der Waals surface area contributed by atoms with Gasteiger partial charge in [0.05, 0.1) is 17.3 Å². The maximum absolute atomic E-state index is 14.6. The highest BCUT2D eigenvalue weighted by Gasteiger charge is 2.16. The predicted octanol–water partition coefficient (Wildman–Crippen LogP) is 4.93. The molecule has 0 fully saturated rings. The Kier molecular flexibility index (Phi) is 6.67. The number of methoxy groups -OCH3 is 1. The lowest BCUT2D eigenvalue weighted by Crippen LogP contribution is -2.23. The number of nitrogens with zero attached hydrogens (tertiary/aromatic N) is 5. The lowest BCUT2D eigenvalue weighted by atomic mass is 10.1. The van der Waals surface area contributed by atoms with Gasteiger partial charge in [-0.3, -0.25) is 4.79 Å². The summed E-state index contributed by atoms with van der Waals surface area (Å²) in [6.07, 6.45) is 5.22. The largest absolute Gasteiger partial charge is 0.494 e. The van der Waals surface area contributed by atoms with Crippen molar-refractivity contribution in [3.8, 4) is 39.8 Å². The third-order valence-electron chi connectivity index (χ3n) is 6.14. The van der Waals surface area contributed by atoms with Gasteiger partial charge in [0.2, 0.25) is 4.96 Å². The molecule has 0 radical (unpaired) electrons. The van der Waals surface area contributed by atoms with E-state index in [1.165, 1.54) is 29.0 Å². The van der Waals surface area contributed by atoms with Crippen molar-refractivity contribution in [2.75, 3.05) is 13.7 Å². The second kappa shape index (κ2) is 10.6. The Morgan fingerprint density at radius 1 is 1.02 bits per heavy atom. The van der Waals surface area contributed by atoms with Crippen LogP contribution < -0.4 is 19.6 Å². The Morgan fingerprint density at radius 2 is 1.80 bits per heavy atom. The Balaban J connectivity index is 1.41. The summed E-state index contributed by atoms with van der Waals surface area (Å²) in [5, 5.41) is 9.16. The number of thiazole rings is 1. The molecule has 8 nitrogen and oxygen atoms in total. The van der Waals surface area contributed by atoms with E-state index in [9.17, 15) is 9.18 Å². The van der Waals surface area contributed by atoms with E-state index in [1.54, 1.807) is 29.0 Å². The number of fused-ring (bicyclic) bond motifs is 1. The Morgan fingerprint density at radius 3 is 2.50 bits per heavy atom. The summed E-state index contributed by atoms with van der Waals surface area (Å²) in [6, 6.07) is 21.5. The third kappa shape index (κ3) is 4.76. The fourth-order valence-electron chi connectivity index (χ4n) is 4.20. The molecule has 0 saturated heterocycles. The maximum atomic E-state index is 14.6. The first-order valence-corrected chi connectivity index (χ1v) is 13.1. The highest BCUT2D eigenvalue weighted by Crippen LogP contribution is 2.28. The van der Waals surface area contributed by atoms with E-state index in [4.69, 9.17) is 14.6 Å². The van der Waals surface area contributed by atoms with Crippen LogP contribution in [0.25, 0.3) is 39.4 Å². The Labute approximate surface area is 231 Å². The summed E-state index contributed by atoms with van der Waals surface area (Å²) in [5.41, 5.74) is 3.00. The van der Waals surface area contributed by atoms with Crippen LogP contribution in [0, 0.1) is 5.82 Å². The molecule has 0 bridgehead atoms. The predicted molar refractivity (Wildman–Crippen MR) is 153 cm³/mol. The van der Waals surface area contributed by atoms with Gasteiger partial charge in [-0.25, -0.2) is 9.07 Å². The molecule has 0 aliphatic heterocycles. The minimum absolute atomic E-state index is 0.138. The molecule has 0 aliphatic carbocycles. The van der Waals surface area contributed by atoms with Gasteiger partial charge in [-0.1, -0.05) is 42.2 Å². The summed E-state index contributed by atoms with van der Waals surface area (Å²) >= 11 is 1.22. The molecule has 0 saturated carbocycles. The van der Waals surface area contributed by atoms with Crippen LogP contribution in [0.1, 0.15) is 5.56 Å². The number of aromatic nitrogens is 5. The van der Waals surface area contributed by atoms with E-state index in [0.717, 1.165) is 11.3 Å². The van der Waals surface area contributed by atoms with E-state index in [1.807, 2.05) is 60.8 Å². The molecule has 0 amide bonds. The Bertz CT molecular complexity index is 1950. The second-order valence-electron chi connectivity index (χ2n) is 8.73. The molecule has 198 valence electrons. The fourth-order valence-corrected chi connectivity index (χ4v) is 5.10. The Hall–Kier alpha value is -5.09. The number of ether oxygens (including phenoxy) is 2. The topological polar surface area (TPSA) is 83.5 Å². The van der Waals surface area contributed by atoms with Crippen molar-refractivity contribution in [1.29, 1.82) is 0 Å². The van der Waals surface area contributed by atoms with Crippen molar-refractivity contribution in [2.24, 2.45) is 0 Å². The summed E-state index contributed by atoms with van der Waals surface area (Å²) < 4.78 is 28.6. The van der Waals surface area contributed by atoms with Crippen LogP contribution in [0.2, 0.25) is 0 Å². The average molecular weight is 552 g/mol. The van der Waals surface area contributed by atoms with Crippen molar-refractivity contribution >= 4 is 22.4 Å². The van der Waals surface area contributed by atoms with Gasteiger partial charge in [-0.05, 0) is 60.7 Å². The van der Waals surface area contributed by atoms with Crippen LogP contribution in [0.4, 0.5) is 4.39 Å². The zero-order chi connectivity index (χ0) is 27.6. The van der Waals surface area contributed by atoms with Crippen LogP contribution >= 0.6 is 11.3 Å². The number of benzene rings is 3. The lowest BCUT2D eigenvalue weighted by molar-refractivity contribution is 0.363. The molecule has 6 rings (SSSR count). The van der Waals surface area contributed by atoms with E-state index < -0.39 is 5.82 Å². The molecule has 3 aromatic carbocycles. The average Bonchev–Trinajstić information content (AvgIpc) is 3.67. The molecule has 3 aromatic heterocycles. The van der Waals surface area contributed by atoms with Crippen molar-refractivity contribution in [1.82, 2.24) is 24.4 Å². The molecule has 0 aliphatic rings. The van der Waals surface area contributed by atoms with Crippen LogP contribution in [-0.2, 0) is 0 Å². The molecule has 0 N–H and O–H groups in total. The second-order valence-corrected chi connectivity index (χ2v) is 9.74. The monoisotopic (exact) mass is 551 g/mol. The van der Waals surface area contributed by atoms with Gasteiger partial charge in [0.25, 0.3) is 5.56 Å². The van der Waals surface area contributed by atoms with Crippen LogP contribution in [0.5, 0.6) is 11.5 Å². The number of halogens is 1. The molecule has 6 aromatic rings. The number of rotatable bonds is 8. The quantitative estimate of drug-likeness (QED) is 0.250. The van der Waals surface area contributed by atoms with E-state index >= 15 is 0 Å². The molecule has 0 unspecified atom stereocenters. The van der Waals surface area contributed by atoms with Gasteiger partial charge in [0, 0.05) is 22.9 Å². The molecule has 40 heavy (non-hydrogen) atoms. The van der Waals surface area contributed by atoms with Crippen molar-refractivity contribution in [2.45, 2.75) is 0 Å². The minimum atomic E-state index is -0.503. The normalized spacial score (nSPS) is 11.7. The zero-order valence-electron chi connectivity index (χ0n) is 21.3. The van der Waals surface area contributed by atoms with E-state index in [2.05, 4.69) is 16.7 Å². The molecule has 0 spiro atoms. The maximum Gasteiger partial charge on any atom is 0.291 e. The van der Waals surface area contributed by atoms with E-state index in [-0.39, 0.29) is 11.3 Å². The first-order valence-electron chi connectivity index (χ1n) is 12.3. The van der Waals surface area contributed by atoms with Crippen molar-refractivity contribution in [3.63, 3.8) is 0 Å². The van der Waals surface area contributed by atoms with Crippen molar-refractivity contribution in [3.05, 3.63) is 118 Å². The lowest BCUT2D eigenvalue weighted by Gasteiger charge is -2.04. The standard InChI is InChI=1S/C30H22FN5O3S/c1-3-15-39-23-12-9-19(10-13-23)28-32-30-36(34-28)29(37)26(40-30)17-21-18-35(22-7-5-4-6-8-22)33-27(21)20-11-14-25(38-2)24(31)16-20/h3-14,16-18H,1,15H2,2H3. The third-order valence-corrected chi connectivity index (χ3v) is 7.10. The van der Waals surface area contributed by atoms with Gasteiger partial charge < -0.3 is 9.47 Å². The van der Waals surface area contributed by atoms with Gasteiger partial charge in [-0.2, -0.15) is 14.6 Å². The summed E-state index contributed by atoms with van der Waals surface area (Å²) in [7, 11) is 1.41. The van der Waals surface area contributed by atoms with E-state index in [0.29, 0.717) is 44.5 Å². The molecule has 0 atom stereocenters. The smallest absolute Gasteiger partial charge is 0.291 e. The summed E-state index contributed by atoms with van der Waals surface area (Å²) in [6.45, 7) is 4.06.